The lowest BCUT2D eigenvalue weighted by atomic mass is 10.3. The third-order valence-corrected chi connectivity index (χ3v) is 2.16. The maximum Gasteiger partial charge on any atom is 0.405 e. The molecule has 1 aliphatic rings. The summed E-state index contributed by atoms with van der Waals surface area (Å²) in [4.78, 5) is 23.6. The van der Waals surface area contributed by atoms with E-state index >= 15 is 0 Å². The molecule has 0 unspecified atom stereocenters. The molecule has 0 aromatic heterocycles. The van der Waals surface area contributed by atoms with Crippen LogP contribution in [-0.4, -0.2) is 54.2 Å². The summed E-state index contributed by atoms with van der Waals surface area (Å²) >= 11 is 0. The van der Waals surface area contributed by atoms with Crippen molar-refractivity contribution in [3.8, 4) is 0 Å². The van der Waals surface area contributed by atoms with E-state index in [0.29, 0.717) is 19.5 Å². The summed E-state index contributed by atoms with van der Waals surface area (Å²) < 4.78 is 35.4. The molecule has 0 aliphatic carbocycles. The fourth-order valence-corrected chi connectivity index (χ4v) is 1.38. The zero-order chi connectivity index (χ0) is 13.1. The van der Waals surface area contributed by atoms with E-state index in [-0.39, 0.29) is 0 Å². The van der Waals surface area contributed by atoms with Crippen LogP contribution in [0.25, 0.3) is 0 Å². The Kier molecular flexibility index (Phi) is 4.16. The smallest absolute Gasteiger partial charge is 0.345 e. The molecule has 0 aromatic carbocycles. The molecule has 0 atom stereocenters. The van der Waals surface area contributed by atoms with Gasteiger partial charge in [-0.05, 0) is 6.42 Å². The zero-order valence-electron chi connectivity index (χ0n) is 8.96. The third kappa shape index (κ3) is 4.47. The predicted molar refractivity (Wildman–Crippen MR) is 51.5 cm³/mol. The van der Waals surface area contributed by atoms with Crippen molar-refractivity contribution in [1.82, 2.24) is 15.2 Å². The monoisotopic (exact) mass is 254 g/mol. The SMILES string of the molecule is NN1CCCN(CC(=O)NCC(F)(F)F)C1=O. The van der Waals surface area contributed by atoms with Crippen molar-refractivity contribution in [3.63, 3.8) is 0 Å². The van der Waals surface area contributed by atoms with Crippen LogP contribution in [0.2, 0.25) is 0 Å². The highest BCUT2D eigenvalue weighted by atomic mass is 19.4. The summed E-state index contributed by atoms with van der Waals surface area (Å²) in [5.41, 5.74) is 0. The molecule has 17 heavy (non-hydrogen) atoms. The van der Waals surface area contributed by atoms with Crippen molar-refractivity contribution >= 4 is 11.9 Å². The quantitative estimate of drug-likeness (QED) is 0.534. The number of nitrogens with one attached hydrogen (secondary N) is 1. The van der Waals surface area contributed by atoms with Gasteiger partial charge < -0.3 is 10.2 Å². The molecule has 0 radical (unpaired) electrons. The Morgan fingerprint density at radius 2 is 2.06 bits per heavy atom. The van der Waals surface area contributed by atoms with Crippen molar-refractivity contribution in [2.45, 2.75) is 12.6 Å². The maximum atomic E-state index is 11.8. The van der Waals surface area contributed by atoms with Crippen molar-refractivity contribution < 1.29 is 22.8 Å². The van der Waals surface area contributed by atoms with Crippen LogP contribution >= 0.6 is 0 Å². The van der Waals surface area contributed by atoms with Crippen molar-refractivity contribution in [2.24, 2.45) is 5.84 Å². The average Bonchev–Trinajstić information content (AvgIpc) is 2.21. The highest BCUT2D eigenvalue weighted by Crippen LogP contribution is 2.12. The number of carbonyl (C=O) groups is 2. The van der Waals surface area contributed by atoms with E-state index in [2.05, 4.69) is 0 Å². The van der Waals surface area contributed by atoms with Crippen LogP contribution in [0, 0.1) is 0 Å². The van der Waals surface area contributed by atoms with Crippen LogP contribution in [0.15, 0.2) is 0 Å². The summed E-state index contributed by atoms with van der Waals surface area (Å²) in [6.07, 6.45) is -3.88. The van der Waals surface area contributed by atoms with Gasteiger partial charge in [0.1, 0.15) is 13.1 Å². The van der Waals surface area contributed by atoms with Crippen molar-refractivity contribution in [2.75, 3.05) is 26.2 Å². The van der Waals surface area contributed by atoms with E-state index in [0.717, 1.165) is 9.91 Å². The number of rotatable bonds is 3. The lowest BCUT2D eigenvalue weighted by Gasteiger charge is -2.32. The fraction of sp³-hybridized carbons (Fsp3) is 0.750. The molecule has 1 aliphatic heterocycles. The van der Waals surface area contributed by atoms with E-state index in [9.17, 15) is 22.8 Å². The van der Waals surface area contributed by atoms with Crippen LogP contribution in [0.4, 0.5) is 18.0 Å². The zero-order valence-corrected chi connectivity index (χ0v) is 8.96. The molecule has 0 bridgehead atoms. The van der Waals surface area contributed by atoms with E-state index in [1.165, 1.54) is 0 Å². The molecular weight excluding hydrogens is 241 g/mol. The lowest BCUT2D eigenvalue weighted by Crippen LogP contribution is -2.55. The van der Waals surface area contributed by atoms with Gasteiger partial charge in [0.05, 0.1) is 0 Å². The van der Waals surface area contributed by atoms with E-state index in [1.807, 2.05) is 0 Å². The Bertz CT molecular complexity index is 308. The number of hydrazine groups is 1. The molecule has 1 rings (SSSR count). The molecule has 0 spiro atoms. The number of urea groups is 1. The normalized spacial score (nSPS) is 17.3. The predicted octanol–water partition coefficient (Wildman–Crippen LogP) is -0.334. The molecule has 6 nitrogen and oxygen atoms in total. The van der Waals surface area contributed by atoms with Crippen molar-refractivity contribution in [1.29, 1.82) is 0 Å². The minimum absolute atomic E-state index is 0.311. The molecule has 3 N–H and O–H groups in total. The summed E-state index contributed by atoms with van der Waals surface area (Å²) in [5, 5.41) is 2.62. The van der Waals surface area contributed by atoms with Gasteiger partial charge in [0, 0.05) is 13.1 Å². The van der Waals surface area contributed by atoms with Gasteiger partial charge in [-0.1, -0.05) is 0 Å². The number of nitrogens with two attached hydrogens (primary N) is 1. The Balaban J connectivity index is 2.38. The Hall–Kier alpha value is -1.51. The standard InChI is InChI=1S/C8H13F3N4O2/c9-8(10,11)5-13-6(16)4-14-2-1-3-15(12)7(14)17/h1-5,12H2,(H,13,16). The summed E-state index contributed by atoms with van der Waals surface area (Å²) in [6, 6.07) is -0.557. The van der Waals surface area contributed by atoms with Gasteiger partial charge in [0.15, 0.2) is 0 Å². The highest BCUT2D eigenvalue weighted by Gasteiger charge is 2.29. The lowest BCUT2D eigenvalue weighted by molar-refractivity contribution is -0.138. The van der Waals surface area contributed by atoms with Gasteiger partial charge in [-0.25, -0.2) is 10.6 Å². The third-order valence-electron chi connectivity index (χ3n) is 2.16. The van der Waals surface area contributed by atoms with Crippen LogP contribution in [-0.2, 0) is 4.79 Å². The Morgan fingerprint density at radius 1 is 1.41 bits per heavy atom. The van der Waals surface area contributed by atoms with Gasteiger partial charge in [-0.15, -0.1) is 0 Å². The molecule has 0 saturated carbocycles. The molecular formula is C8H13F3N4O2. The highest BCUT2D eigenvalue weighted by molar-refractivity contribution is 5.84. The first-order valence-electron chi connectivity index (χ1n) is 4.94. The molecule has 1 heterocycles. The largest absolute Gasteiger partial charge is 0.405 e. The summed E-state index contributed by atoms with van der Waals surface area (Å²) in [7, 11) is 0. The topological polar surface area (TPSA) is 78.7 Å². The molecule has 1 fully saturated rings. The van der Waals surface area contributed by atoms with Crippen LogP contribution < -0.4 is 11.2 Å². The molecule has 3 amide bonds. The molecule has 98 valence electrons. The summed E-state index contributed by atoms with van der Waals surface area (Å²) in [5.74, 6) is 4.46. The number of alkyl halides is 3. The number of nitrogens with zero attached hydrogens (tertiary/aromatic N) is 2. The number of carbonyl (C=O) groups excluding carboxylic acids is 2. The number of hydrogen-bond acceptors (Lipinski definition) is 3. The van der Waals surface area contributed by atoms with E-state index in [1.54, 1.807) is 5.32 Å². The van der Waals surface area contributed by atoms with E-state index < -0.39 is 31.2 Å². The Labute approximate surface area is 95.5 Å². The first-order chi connectivity index (χ1) is 7.79. The van der Waals surface area contributed by atoms with Crippen LogP contribution in [0.1, 0.15) is 6.42 Å². The van der Waals surface area contributed by atoms with Gasteiger partial charge in [0.2, 0.25) is 5.91 Å². The molecule has 0 aromatic rings. The number of amides is 3. The first-order valence-corrected chi connectivity index (χ1v) is 4.94. The van der Waals surface area contributed by atoms with Crippen LogP contribution in [0.5, 0.6) is 0 Å². The molecule has 1 saturated heterocycles. The second kappa shape index (κ2) is 5.21. The summed E-state index contributed by atoms with van der Waals surface area (Å²) in [6.45, 7) is -1.13. The Morgan fingerprint density at radius 3 is 2.65 bits per heavy atom. The number of halogens is 3. The average molecular weight is 254 g/mol. The van der Waals surface area contributed by atoms with Gasteiger partial charge in [-0.2, -0.15) is 13.2 Å². The van der Waals surface area contributed by atoms with E-state index in [4.69, 9.17) is 5.84 Å². The van der Waals surface area contributed by atoms with Gasteiger partial charge in [-0.3, -0.25) is 9.80 Å². The minimum Gasteiger partial charge on any atom is -0.345 e. The van der Waals surface area contributed by atoms with Crippen LogP contribution in [0.3, 0.4) is 0 Å². The second-order valence-electron chi connectivity index (χ2n) is 3.64. The van der Waals surface area contributed by atoms with Crippen molar-refractivity contribution in [3.05, 3.63) is 0 Å². The second-order valence-corrected chi connectivity index (χ2v) is 3.64. The maximum absolute atomic E-state index is 11.8. The minimum atomic E-state index is -4.46. The number of hydrogen-bond donors (Lipinski definition) is 2. The fourth-order valence-electron chi connectivity index (χ4n) is 1.38. The first kappa shape index (κ1) is 13.6. The van der Waals surface area contributed by atoms with Gasteiger partial charge >= 0.3 is 12.2 Å². The molecule has 9 heteroatoms. The van der Waals surface area contributed by atoms with Gasteiger partial charge in [0.25, 0.3) is 0 Å².